The highest BCUT2D eigenvalue weighted by Crippen LogP contribution is 2.24. The van der Waals surface area contributed by atoms with Crippen LogP contribution >= 0.6 is 15.9 Å². The lowest BCUT2D eigenvalue weighted by Gasteiger charge is -2.16. The van der Waals surface area contributed by atoms with Gasteiger partial charge in [0.1, 0.15) is 5.82 Å². The highest BCUT2D eigenvalue weighted by molar-refractivity contribution is 9.10. The molecule has 2 aromatic carbocycles. The van der Waals surface area contributed by atoms with Gasteiger partial charge in [-0.15, -0.1) is 0 Å². The maximum Gasteiger partial charge on any atom is 0.241 e. The van der Waals surface area contributed by atoms with Crippen molar-refractivity contribution in [2.75, 3.05) is 0 Å². The van der Waals surface area contributed by atoms with Crippen molar-refractivity contribution in [3.63, 3.8) is 0 Å². The van der Waals surface area contributed by atoms with Crippen LogP contribution in [0.5, 0.6) is 0 Å². The highest BCUT2D eigenvalue weighted by Gasteiger charge is 2.19. The van der Waals surface area contributed by atoms with Crippen LogP contribution < -0.4 is 4.72 Å². The maximum atomic E-state index is 12.8. The molecule has 1 atom stereocenters. The normalized spacial score (nSPS) is 13.2. The second-order valence-electron chi connectivity index (χ2n) is 4.32. The third-order valence-corrected chi connectivity index (χ3v) is 5.11. The standard InChI is InChI=1S/C14H13BrFNO2S/c1-10(13-4-2-3-5-14(13)15)17-20(18,19)12-8-6-11(16)7-9-12/h2-10,17H,1H3/t10-/m1/s1. The van der Waals surface area contributed by atoms with Gasteiger partial charge in [-0.05, 0) is 42.8 Å². The Bertz CT molecular complexity index is 701. The van der Waals surface area contributed by atoms with Crippen LogP contribution in [0.3, 0.4) is 0 Å². The van der Waals surface area contributed by atoms with Gasteiger partial charge in [-0.3, -0.25) is 0 Å². The summed E-state index contributed by atoms with van der Waals surface area (Å²) in [7, 11) is -3.68. The molecule has 0 saturated heterocycles. The lowest BCUT2D eigenvalue weighted by Crippen LogP contribution is -2.27. The third kappa shape index (κ3) is 3.45. The van der Waals surface area contributed by atoms with Crippen LogP contribution in [0.1, 0.15) is 18.5 Å². The van der Waals surface area contributed by atoms with Gasteiger partial charge in [0.25, 0.3) is 0 Å². The first-order chi connectivity index (χ1) is 9.40. The Balaban J connectivity index is 2.24. The first kappa shape index (κ1) is 15.2. The number of sulfonamides is 1. The van der Waals surface area contributed by atoms with E-state index in [1.807, 2.05) is 24.3 Å². The summed E-state index contributed by atoms with van der Waals surface area (Å²) in [5.41, 5.74) is 0.832. The molecule has 1 N–H and O–H groups in total. The topological polar surface area (TPSA) is 46.2 Å². The van der Waals surface area contributed by atoms with Crippen molar-refractivity contribution >= 4 is 26.0 Å². The molecule has 0 amide bonds. The summed E-state index contributed by atoms with van der Waals surface area (Å²) < 4.78 is 40.6. The molecule has 0 spiro atoms. The fraction of sp³-hybridized carbons (Fsp3) is 0.143. The molecule has 0 aliphatic heterocycles. The molecule has 0 radical (unpaired) electrons. The van der Waals surface area contributed by atoms with Crippen LogP contribution in [-0.2, 0) is 10.0 Å². The van der Waals surface area contributed by atoms with Crippen molar-refractivity contribution in [2.45, 2.75) is 17.9 Å². The quantitative estimate of drug-likeness (QED) is 0.907. The molecule has 2 rings (SSSR count). The zero-order valence-electron chi connectivity index (χ0n) is 10.7. The molecule has 20 heavy (non-hydrogen) atoms. The number of halogens is 2. The van der Waals surface area contributed by atoms with Crippen LogP contribution in [0.2, 0.25) is 0 Å². The predicted octanol–water partition coefficient (Wildman–Crippen LogP) is 3.63. The summed E-state index contributed by atoms with van der Waals surface area (Å²) in [6, 6.07) is 11.7. The molecule has 0 bridgehead atoms. The summed E-state index contributed by atoms with van der Waals surface area (Å²) in [6.45, 7) is 1.75. The molecular weight excluding hydrogens is 345 g/mol. The zero-order chi connectivity index (χ0) is 14.8. The van der Waals surface area contributed by atoms with E-state index < -0.39 is 21.9 Å². The molecule has 0 aliphatic carbocycles. The molecule has 0 aliphatic rings. The Morgan fingerprint density at radius 3 is 2.30 bits per heavy atom. The predicted molar refractivity (Wildman–Crippen MR) is 79.3 cm³/mol. The van der Waals surface area contributed by atoms with Gasteiger partial charge in [-0.25, -0.2) is 17.5 Å². The van der Waals surface area contributed by atoms with E-state index in [0.29, 0.717) is 0 Å². The van der Waals surface area contributed by atoms with Crippen LogP contribution in [0.25, 0.3) is 0 Å². The summed E-state index contributed by atoms with van der Waals surface area (Å²) >= 11 is 3.39. The largest absolute Gasteiger partial charge is 0.241 e. The number of rotatable bonds is 4. The number of benzene rings is 2. The second kappa shape index (κ2) is 6.03. The van der Waals surface area contributed by atoms with Gasteiger partial charge >= 0.3 is 0 Å². The van der Waals surface area contributed by atoms with E-state index >= 15 is 0 Å². The lowest BCUT2D eigenvalue weighted by atomic mass is 10.1. The van der Waals surface area contributed by atoms with Crippen LogP contribution in [0, 0.1) is 5.82 Å². The van der Waals surface area contributed by atoms with Crippen molar-refractivity contribution in [2.24, 2.45) is 0 Å². The smallest absolute Gasteiger partial charge is 0.207 e. The van der Waals surface area contributed by atoms with Crippen molar-refractivity contribution in [3.05, 3.63) is 64.4 Å². The second-order valence-corrected chi connectivity index (χ2v) is 6.89. The lowest BCUT2D eigenvalue weighted by molar-refractivity contribution is 0.566. The first-order valence-electron chi connectivity index (χ1n) is 5.92. The van der Waals surface area contributed by atoms with Crippen molar-refractivity contribution in [1.82, 2.24) is 4.72 Å². The van der Waals surface area contributed by atoms with E-state index in [0.717, 1.165) is 22.2 Å². The zero-order valence-corrected chi connectivity index (χ0v) is 13.1. The van der Waals surface area contributed by atoms with Gasteiger partial charge < -0.3 is 0 Å². The number of hydrogen-bond donors (Lipinski definition) is 1. The Morgan fingerprint density at radius 1 is 1.10 bits per heavy atom. The number of hydrogen-bond acceptors (Lipinski definition) is 2. The Hall–Kier alpha value is -1.24. The molecule has 0 unspecified atom stereocenters. The van der Waals surface area contributed by atoms with Gasteiger partial charge in [-0.1, -0.05) is 34.1 Å². The van der Waals surface area contributed by atoms with Gasteiger partial charge in [0.2, 0.25) is 10.0 Å². The molecule has 2 aromatic rings. The minimum Gasteiger partial charge on any atom is -0.207 e. The SMILES string of the molecule is C[C@@H](NS(=O)(=O)c1ccc(F)cc1)c1ccccc1Br. The fourth-order valence-corrected chi connectivity index (χ4v) is 3.66. The van der Waals surface area contributed by atoms with E-state index in [2.05, 4.69) is 20.7 Å². The van der Waals surface area contributed by atoms with Crippen molar-refractivity contribution in [1.29, 1.82) is 0 Å². The van der Waals surface area contributed by atoms with Crippen LogP contribution in [0.15, 0.2) is 57.9 Å². The Kier molecular flexibility index (Phi) is 4.57. The van der Waals surface area contributed by atoms with E-state index in [4.69, 9.17) is 0 Å². The van der Waals surface area contributed by atoms with E-state index in [9.17, 15) is 12.8 Å². The van der Waals surface area contributed by atoms with Crippen LogP contribution in [0.4, 0.5) is 4.39 Å². The number of nitrogens with one attached hydrogen (secondary N) is 1. The molecule has 0 aromatic heterocycles. The molecule has 0 heterocycles. The maximum absolute atomic E-state index is 12.8. The minimum absolute atomic E-state index is 0.0396. The van der Waals surface area contributed by atoms with E-state index in [1.54, 1.807) is 6.92 Å². The molecule has 0 saturated carbocycles. The summed E-state index contributed by atoms with van der Waals surface area (Å²) in [6.07, 6.45) is 0. The average molecular weight is 358 g/mol. The molecule has 106 valence electrons. The summed E-state index contributed by atoms with van der Waals surface area (Å²) in [5.74, 6) is -0.470. The van der Waals surface area contributed by atoms with Crippen molar-refractivity contribution < 1.29 is 12.8 Å². The Labute approximate surface area is 126 Å². The van der Waals surface area contributed by atoms with Gasteiger partial charge in [-0.2, -0.15) is 0 Å². The molecule has 6 heteroatoms. The molecule has 0 fully saturated rings. The highest BCUT2D eigenvalue weighted by atomic mass is 79.9. The van der Waals surface area contributed by atoms with E-state index in [1.165, 1.54) is 12.1 Å². The van der Waals surface area contributed by atoms with Gasteiger partial charge in [0.15, 0.2) is 0 Å². The van der Waals surface area contributed by atoms with Gasteiger partial charge in [0.05, 0.1) is 4.90 Å². The minimum atomic E-state index is -3.68. The summed E-state index contributed by atoms with van der Waals surface area (Å²) in [5, 5.41) is 0. The third-order valence-electron chi connectivity index (χ3n) is 2.83. The first-order valence-corrected chi connectivity index (χ1v) is 8.20. The van der Waals surface area contributed by atoms with Gasteiger partial charge in [0, 0.05) is 10.5 Å². The Morgan fingerprint density at radius 2 is 1.70 bits per heavy atom. The van der Waals surface area contributed by atoms with E-state index in [-0.39, 0.29) is 4.90 Å². The molecule has 3 nitrogen and oxygen atoms in total. The molecular formula is C14H13BrFNO2S. The summed E-state index contributed by atoms with van der Waals surface area (Å²) in [4.78, 5) is 0.0396. The van der Waals surface area contributed by atoms with Crippen LogP contribution in [-0.4, -0.2) is 8.42 Å². The fourth-order valence-electron chi connectivity index (χ4n) is 1.80. The average Bonchev–Trinajstić information content (AvgIpc) is 2.39. The van der Waals surface area contributed by atoms with Crippen molar-refractivity contribution in [3.8, 4) is 0 Å². The monoisotopic (exact) mass is 357 g/mol.